The van der Waals surface area contributed by atoms with E-state index in [0.717, 1.165) is 5.56 Å². The molecular weight excluding hydrogens is 260 g/mol. The standard InChI is InChI=1S/C15H24O5/c1-5-17-11(3)19-14-8-7-13(10-16)9-15(14)20-12(4)18-6-2/h7-9,11-12,16H,5-6,10H2,1-4H3. The molecule has 114 valence electrons. The molecule has 0 heterocycles. The van der Waals surface area contributed by atoms with E-state index in [9.17, 15) is 5.11 Å². The summed E-state index contributed by atoms with van der Waals surface area (Å²) in [5.41, 5.74) is 0.750. The monoisotopic (exact) mass is 284 g/mol. The quantitative estimate of drug-likeness (QED) is 0.707. The maximum absolute atomic E-state index is 9.20. The first kappa shape index (κ1) is 16.8. The first-order valence-corrected chi connectivity index (χ1v) is 6.91. The Morgan fingerprint density at radius 1 is 0.950 bits per heavy atom. The highest BCUT2D eigenvalue weighted by Crippen LogP contribution is 2.30. The molecule has 2 atom stereocenters. The molecule has 2 unspecified atom stereocenters. The van der Waals surface area contributed by atoms with Gasteiger partial charge in [-0.15, -0.1) is 0 Å². The number of aliphatic hydroxyl groups is 1. The highest BCUT2D eigenvalue weighted by atomic mass is 16.7. The Hall–Kier alpha value is -1.30. The minimum absolute atomic E-state index is 0.0549. The van der Waals surface area contributed by atoms with Gasteiger partial charge in [0.15, 0.2) is 24.1 Å². The molecule has 0 fully saturated rings. The third-order valence-electron chi connectivity index (χ3n) is 2.58. The van der Waals surface area contributed by atoms with Crippen LogP contribution < -0.4 is 9.47 Å². The minimum Gasteiger partial charge on any atom is -0.461 e. The number of hydrogen-bond acceptors (Lipinski definition) is 5. The number of benzene rings is 1. The zero-order valence-corrected chi connectivity index (χ0v) is 12.6. The van der Waals surface area contributed by atoms with Gasteiger partial charge in [-0.3, -0.25) is 0 Å². The van der Waals surface area contributed by atoms with E-state index in [0.29, 0.717) is 24.7 Å². The van der Waals surface area contributed by atoms with Crippen molar-refractivity contribution in [2.75, 3.05) is 13.2 Å². The van der Waals surface area contributed by atoms with E-state index >= 15 is 0 Å². The van der Waals surface area contributed by atoms with Crippen molar-refractivity contribution in [1.82, 2.24) is 0 Å². The predicted molar refractivity (Wildman–Crippen MR) is 75.8 cm³/mol. The highest BCUT2D eigenvalue weighted by molar-refractivity contribution is 5.43. The lowest BCUT2D eigenvalue weighted by Gasteiger charge is -2.20. The molecule has 1 aromatic carbocycles. The summed E-state index contributed by atoms with van der Waals surface area (Å²) in [6, 6.07) is 5.28. The third-order valence-corrected chi connectivity index (χ3v) is 2.58. The van der Waals surface area contributed by atoms with Crippen LogP contribution in [0.4, 0.5) is 0 Å². The van der Waals surface area contributed by atoms with Crippen molar-refractivity contribution >= 4 is 0 Å². The third kappa shape index (κ3) is 5.36. The molecule has 5 heteroatoms. The summed E-state index contributed by atoms with van der Waals surface area (Å²) < 4.78 is 22.1. The normalized spacial score (nSPS) is 13.8. The molecule has 1 aromatic rings. The molecule has 0 radical (unpaired) electrons. The molecule has 0 spiro atoms. The van der Waals surface area contributed by atoms with E-state index in [1.165, 1.54) is 0 Å². The molecular formula is C15H24O5. The average molecular weight is 284 g/mol. The summed E-state index contributed by atoms with van der Waals surface area (Å²) in [5.74, 6) is 1.10. The maximum atomic E-state index is 9.20. The Kier molecular flexibility index (Phi) is 7.36. The lowest BCUT2D eigenvalue weighted by molar-refractivity contribution is -0.0766. The zero-order chi connectivity index (χ0) is 15.0. The molecule has 0 saturated heterocycles. The SMILES string of the molecule is CCOC(C)Oc1ccc(CO)cc1OC(C)OCC. The molecule has 1 N–H and O–H groups in total. The van der Waals surface area contributed by atoms with Gasteiger partial charge in [0.2, 0.25) is 0 Å². The molecule has 0 aromatic heterocycles. The molecule has 0 aliphatic rings. The second-order valence-electron chi connectivity index (χ2n) is 4.22. The fourth-order valence-corrected chi connectivity index (χ4v) is 1.74. The summed E-state index contributed by atoms with van der Waals surface area (Å²) in [7, 11) is 0. The number of aliphatic hydroxyl groups excluding tert-OH is 1. The summed E-state index contributed by atoms with van der Waals surface area (Å²) in [6.45, 7) is 8.51. The van der Waals surface area contributed by atoms with Gasteiger partial charge in [0.1, 0.15) is 0 Å². The van der Waals surface area contributed by atoms with Crippen LogP contribution >= 0.6 is 0 Å². The van der Waals surface area contributed by atoms with Gasteiger partial charge in [0.25, 0.3) is 0 Å². The Balaban J connectivity index is 2.85. The first-order valence-electron chi connectivity index (χ1n) is 6.91. The molecule has 0 saturated carbocycles. The Labute approximate surface area is 120 Å². The summed E-state index contributed by atoms with van der Waals surface area (Å²) in [6.07, 6.45) is -0.761. The zero-order valence-electron chi connectivity index (χ0n) is 12.6. The van der Waals surface area contributed by atoms with Crippen molar-refractivity contribution in [3.63, 3.8) is 0 Å². The molecule has 0 amide bonds. The topological polar surface area (TPSA) is 57.2 Å². The Morgan fingerprint density at radius 3 is 2.00 bits per heavy atom. The van der Waals surface area contributed by atoms with Gasteiger partial charge in [-0.05, 0) is 45.4 Å². The highest BCUT2D eigenvalue weighted by Gasteiger charge is 2.13. The summed E-state index contributed by atoms with van der Waals surface area (Å²) in [4.78, 5) is 0. The lowest BCUT2D eigenvalue weighted by atomic mass is 10.2. The Morgan fingerprint density at radius 2 is 1.50 bits per heavy atom. The van der Waals surface area contributed by atoms with Crippen LogP contribution in [0.1, 0.15) is 33.3 Å². The van der Waals surface area contributed by atoms with Crippen molar-refractivity contribution in [3.8, 4) is 11.5 Å². The van der Waals surface area contributed by atoms with E-state index in [4.69, 9.17) is 18.9 Å². The fraction of sp³-hybridized carbons (Fsp3) is 0.600. The first-order chi connectivity index (χ1) is 9.60. The number of rotatable bonds is 9. The van der Waals surface area contributed by atoms with Gasteiger partial charge < -0.3 is 24.1 Å². The summed E-state index contributed by atoms with van der Waals surface area (Å²) >= 11 is 0. The van der Waals surface area contributed by atoms with E-state index in [1.807, 2.05) is 27.7 Å². The van der Waals surface area contributed by atoms with E-state index in [-0.39, 0.29) is 12.9 Å². The van der Waals surface area contributed by atoms with Gasteiger partial charge in [-0.25, -0.2) is 0 Å². The van der Waals surface area contributed by atoms with Gasteiger partial charge in [-0.1, -0.05) is 6.07 Å². The number of hydrogen-bond donors (Lipinski definition) is 1. The van der Waals surface area contributed by atoms with E-state index in [2.05, 4.69) is 0 Å². The van der Waals surface area contributed by atoms with Crippen molar-refractivity contribution in [1.29, 1.82) is 0 Å². The van der Waals surface area contributed by atoms with E-state index < -0.39 is 6.29 Å². The van der Waals surface area contributed by atoms with E-state index in [1.54, 1.807) is 18.2 Å². The molecule has 1 rings (SSSR count). The number of ether oxygens (including phenoxy) is 4. The van der Waals surface area contributed by atoms with Crippen molar-refractivity contribution in [2.24, 2.45) is 0 Å². The second-order valence-corrected chi connectivity index (χ2v) is 4.22. The van der Waals surface area contributed by atoms with Gasteiger partial charge in [-0.2, -0.15) is 0 Å². The molecule has 0 aliphatic heterocycles. The van der Waals surface area contributed by atoms with Crippen molar-refractivity contribution in [2.45, 2.75) is 46.9 Å². The van der Waals surface area contributed by atoms with Crippen molar-refractivity contribution < 1.29 is 24.1 Å². The average Bonchev–Trinajstić information content (AvgIpc) is 2.41. The van der Waals surface area contributed by atoms with Crippen LogP contribution in [-0.4, -0.2) is 30.9 Å². The largest absolute Gasteiger partial charge is 0.461 e. The predicted octanol–water partition coefficient (Wildman–Crippen LogP) is 2.70. The molecule has 5 nitrogen and oxygen atoms in total. The van der Waals surface area contributed by atoms with Gasteiger partial charge in [0, 0.05) is 13.2 Å². The van der Waals surface area contributed by atoms with Gasteiger partial charge in [0.05, 0.1) is 6.61 Å². The van der Waals surface area contributed by atoms with Crippen LogP contribution in [0.3, 0.4) is 0 Å². The van der Waals surface area contributed by atoms with Crippen LogP contribution in [0.5, 0.6) is 11.5 Å². The summed E-state index contributed by atoms with van der Waals surface area (Å²) in [5, 5.41) is 9.20. The van der Waals surface area contributed by atoms with Gasteiger partial charge >= 0.3 is 0 Å². The Bertz CT molecular complexity index is 394. The lowest BCUT2D eigenvalue weighted by Crippen LogP contribution is -2.19. The van der Waals surface area contributed by atoms with Crippen molar-refractivity contribution in [3.05, 3.63) is 23.8 Å². The molecule has 0 bridgehead atoms. The molecule has 20 heavy (non-hydrogen) atoms. The minimum atomic E-state index is -0.390. The van der Waals surface area contributed by atoms with Crippen LogP contribution in [0.2, 0.25) is 0 Å². The fourth-order valence-electron chi connectivity index (χ4n) is 1.74. The van der Waals surface area contributed by atoms with Crippen LogP contribution in [0.15, 0.2) is 18.2 Å². The smallest absolute Gasteiger partial charge is 0.197 e. The second kappa shape index (κ2) is 8.79. The molecule has 0 aliphatic carbocycles. The van der Waals surface area contributed by atoms with Crippen LogP contribution in [0.25, 0.3) is 0 Å². The maximum Gasteiger partial charge on any atom is 0.197 e. The van der Waals surface area contributed by atoms with Crippen LogP contribution in [-0.2, 0) is 16.1 Å². The van der Waals surface area contributed by atoms with Crippen LogP contribution in [0, 0.1) is 0 Å².